The molecule has 0 atom stereocenters. The largest absolute Gasteiger partial charge is 0.460 e. The molecule has 0 spiro atoms. The summed E-state index contributed by atoms with van der Waals surface area (Å²) in [5.41, 5.74) is 4.67. The molecule has 0 amide bonds. The fourth-order valence-electron chi connectivity index (χ4n) is 3.42. The molecule has 0 unspecified atom stereocenters. The van der Waals surface area contributed by atoms with Crippen LogP contribution in [0.25, 0.3) is 21.9 Å². The quantitative estimate of drug-likeness (QED) is 0.578. The molecular formula is C17H16O3. The van der Waals surface area contributed by atoms with Gasteiger partial charge >= 0.3 is 5.63 Å². The number of benzene rings is 1. The Morgan fingerprint density at radius 3 is 2.60 bits per heavy atom. The van der Waals surface area contributed by atoms with Gasteiger partial charge in [0.1, 0.15) is 16.9 Å². The molecular weight excluding hydrogens is 252 g/mol. The van der Waals surface area contributed by atoms with Crippen molar-refractivity contribution in [2.45, 2.75) is 39.5 Å². The first-order valence-corrected chi connectivity index (χ1v) is 7.13. The van der Waals surface area contributed by atoms with Gasteiger partial charge in [0.15, 0.2) is 0 Å². The molecule has 1 aliphatic carbocycles. The van der Waals surface area contributed by atoms with Gasteiger partial charge in [0.25, 0.3) is 0 Å². The third-order valence-corrected chi connectivity index (χ3v) is 4.31. The fourth-order valence-corrected chi connectivity index (χ4v) is 3.42. The summed E-state index contributed by atoms with van der Waals surface area (Å²) >= 11 is 0. The molecule has 0 saturated heterocycles. The molecule has 0 aliphatic heterocycles. The van der Waals surface area contributed by atoms with Crippen molar-refractivity contribution in [1.29, 1.82) is 0 Å². The number of hydrogen-bond acceptors (Lipinski definition) is 3. The second-order valence-electron chi connectivity index (χ2n) is 5.73. The Bertz CT molecular complexity index is 896. The van der Waals surface area contributed by atoms with E-state index >= 15 is 0 Å². The maximum absolute atomic E-state index is 11.6. The van der Waals surface area contributed by atoms with Gasteiger partial charge < -0.3 is 8.83 Å². The topological polar surface area (TPSA) is 43.4 Å². The van der Waals surface area contributed by atoms with Gasteiger partial charge in [-0.25, -0.2) is 4.79 Å². The van der Waals surface area contributed by atoms with E-state index in [1.807, 2.05) is 19.9 Å². The van der Waals surface area contributed by atoms with E-state index in [0.29, 0.717) is 5.58 Å². The molecule has 4 rings (SSSR count). The molecule has 0 N–H and O–H groups in total. The highest BCUT2D eigenvalue weighted by molar-refractivity contribution is 6.08. The summed E-state index contributed by atoms with van der Waals surface area (Å²) in [5.74, 6) is 1.12. The molecule has 20 heavy (non-hydrogen) atoms. The van der Waals surface area contributed by atoms with Gasteiger partial charge in [-0.3, -0.25) is 0 Å². The zero-order valence-electron chi connectivity index (χ0n) is 11.7. The molecule has 3 aromatic rings. The number of furan rings is 1. The molecule has 102 valence electrons. The Kier molecular flexibility index (Phi) is 2.34. The van der Waals surface area contributed by atoms with Crippen molar-refractivity contribution in [3.05, 3.63) is 45.0 Å². The Morgan fingerprint density at radius 1 is 0.950 bits per heavy atom. The molecule has 2 heterocycles. The molecule has 1 aliphatic rings. The summed E-state index contributed by atoms with van der Waals surface area (Å²) in [6.45, 7) is 3.98. The van der Waals surface area contributed by atoms with Gasteiger partial charge in [-0.15, -0.1) is 0 Å². The standard InChI is InChI=1S/C17H16O3/c1-9-8-14(18)19-13-7-10(2)17-16(15(9)13)11-5-3-4-6-12(11)20-17/h7-8H,3-6H2,1-2H3. The molecule has 0 radical (unpaired) electrons. The van der Waals surface area contributed by atoms with Crippen LogP contribution in [-0.2, 0) is 12.8 Å². The first-order valence-electron chi connectivity index (χ1n) is 7.13. The van der Waals surface area contributed by atoms with Crippen LogP contribution in [0.3, 0.4) is 0 Å². The maximum Gasteiger partial charge on any atom is 0.336 e. The lowest BCUT2D eigenvalue weighted by Gasteiger charge is -2.10. The minimum atomic E-state index is -0.286. The molecule has 3 nitrogen and oxygen atoms in total. The van der Waals surface area contributed by atoms with Crippen molar-refractivity contribution < 1.29 is 8.83 Å². The van der Waals surface area contributed by atoms with Gasteiger partial charge in [-0.1, -0.05) is 0 Å². The predicted molar refractivity (Wildman–Crippen MR) is 78.4 cm³/mol. The highest BCUT2D eigenvalue weighted by atomic mass is 16.4. The van der Waals surface area contributed by atoms with Gasteiger partial charge in [0.2, 0.25) is 0 Å². The van der Waals surface area contributed by atoms with Crippen LogP contribution in [0, 0.1) is 13.8 Å². The Balaban J connectivity index is 2.28. The molecule has 0 saturated carbocycles. The average molecular weight is 268 g/mol. The second-order valence-corrected chi connectivity index (χ2v) is 5.73. The Hall–Kier alpha value is -2.03. The van der Waals surface area contributed by atoms with E-state index in [1.165, 1.54) is 18.4 Å². The lowest BCUT2D eigenvalue weighted by atomic mass is 9.93. The SMILES string of the molecule is Cc1cc2oc(=O)cc(C)c2c2c3c(oc12)CCCC3. The van der Waals surface area contributed by atoms with E-state index in [9.17, 15) is 4.79 Å². The van der Waals surface area contributed by atoms with Crippen molar-refractivity contribution >= 4 is 21.9 Å². The third-order valence-electron chi connectivity index (χ3n) is 4.31. The van der Waals surface area contributed by atoms with E-state index in [0.717, 1.165) is 46.1 Å². The minimum absolute atomic E-state index is 0.286. The van der Waals surface area contributed by atoms with Gasteiger partial charge in [-0.2, -0.15) is 0 Å². The number of rotatable bonds is 0. The Morgan fingerprint density at radius 2 is 1.75 bits per heavy atom. The lowest BCUT2D eigenvalue weighted by Crippen LogP contribution is -2.01. The van der Waals surface area contributed by atoms with Crippen LogP contribution in [0.15, 0.2) is 25.8 Å². The third kappa shape index (κ3) is 1.49. The highest BCUT2D eigenvalue weighted by Crippen LogP contribution is 2.39. The average Bonchev–Trinajstić information content (AvgIpc) is 2.78. The van der Waals surface area contributed by atoms with Crippen LogP contribution >= 0.6 is 0 Å². The van der Waals surface area contributed by atoms with E-state index in [2.05, 4.69) is 0 Å². The van der Waals surface area contributed by atoms with Crippen LogP contribution < -0.4 is 5.63 Å². The fraction of sp³-hybridized carbons (Fsp3) is 0.353. The summed E-state index contributed by atoms with van der Waals surface area (Å²) < 4.78 is 11.5. The van der Waals surface area contributed by atoms with E-state index in [-0.39, 0.29) is 5.63 Å². The smallest absolute Gasteiger partial charge is 0.336 e. The molecule has 0 bridgehead atoms. The van der Waals surface area contributed by atoms with Crippen LogP contribution in [0.5, 0.6) is 0 Å². The summed E-state index contributed by atoms with van der Waals surface area (Å²) in [6, 6.07) is 3.49. The first-order chi connectivity index (χ1) is 9.65. The number of fused-ring (bicyclic) bond motifs is 5. The van der Waals surface area contributed by atoms with Crippen LogP contribution in [0.2, 0.25) is 0 Å². The monoisotopic (exact) mass is 268 g/mol. The normalized spacial score (nSPS) is 14.9. The predicted octanol–water partition coefficient (Wildman–Crippen LogP) is 4.03. The number of aryl methyl sites for hydroxylation is 4. The first kappa shape index (κ1) is 11.8. The van der Waals surface area contributed by atoms with E-state index in [1.54, 1.807) is 6.07 Å². The Labute approximate surface area is 116 Å². The van der Waals surface area contributed by atoms with Crippen LogP contribution in [0.4, 0.5) is 0 Å². The zero-order valence-corrected chi connectivity index (χ0v) is 11.7. The van der Waals surface area contributed by atoms with Gasteiger partial charge in [0, 0.05) is 28.8 Å². The summed E-state index contributed by atoms with van der Waals surface area (Å²) in [6.07, 6.45) is 4.46. The van der Waals surface area contributed by atoms with Crippen LogP contribution in [-0.4, -0.2) is 0 Å². The van der Waals surface area contributed by atoms with Crippen molar-refractivity contribution in [2.75, 3.05) is 0 Å². The summed E-state index contributed by atoms with van der Waals surface area (Å²) in [5, 5.41) is 2.20. The van der Waals surface area contributed by atoms with E-state index in [4.69, 9.17) is 8.83 Å². The minimum Gasteiger partial charge on any atom is -0.460 e. The maximum atomic E-state index is 11.6. The van der Waals surface area contributed by atoms with Crippen molar-refractivity contribution in [3.8, 4) is 0 Å². The van der Waals surface area contributed by atoms with Crippen molar-refractivity contribution in [3.63, 3.8) is 0 Å². The van der Waals surface area contributed by atoms with Crippen LogP contribution in [0.1, 0.15) is 35.3 Å². The van der Waals surface area contributed by atoms with E-state index < -0.39 is 0 Å². The van der Waals surface area contributed by atoms with Gasteiger partial charge in [-0.05, 0) is 50.3 Å². The van der Waals surface area contributed by atoms with Crippen molar-refractivity contribution in [1.82, 2.24) is 0 Å². The number of hydrogen-bond donors (Lipinski definition) is 0. The molecule has 2 aromatic heterocycles. The van der Waals surface area contributed by atoms with Gasteiger partial charge in [0.05, 0.1) is 0 Å². The highest BCUT2D eigenvalue weighted by Gasteiger charge is 2.22. The zero-order chi connectivity index (χ0) is 13.9. The summed E-state index contributed by atoms with van der Waals surface area (Å²) in [4.78, 5) is 11.6. The summed E-state index contributed by atoms with van der Waals surface area (Å²) in [7, 11) is 0. The lowest BCUT2D eigenvalue weighted by molar-refractivity contribution is 0.504. The molecule has 3 heteroatoms. The molecule has 1 aromatic carbocycles. The van der Waals surface area contributed by atoms with Crippen molar-refractivity contribution in [2.24, 2.45) is 0 Å². The molecule has 0 fully saturated rings. The second kappa shape index (κ2) is 3.98.